The zero-order valence-corrected chi connectivity index (χ0v) is 34.3. The van der Waals surface area contributed by atoms with E-state index < -0.39 is 25.9 Å². The van der Waals surface area contributed by atoms with Crippen molar-refractivity contribution in [1.82, 2.24) is 0 Å². The summed E-state index contributed by atoms with van der Waals surface area (Å²) in [6, 6.07) is 0. The summed E-state index contributed by atoms with van der Waals surface area (Å²) < 4.78 is 34.0. The summed E-state index contributed by atoms with van der Waals surface area (Å²) in [5, 5.41) is 0. The molecule has 0 rings (SSSR count). The molecule has 0 amide bonds. The van der Waals surface area contributed by atoms with Gasteiger partial charge in [0, 0.05) is 12.8 Å². The van der Waals surface area contributed by atoms with E-state index in [9.17, 15) is 19.0 Å². The van der Waals surface area contributed by atoms with Crippen molar-refractivity contribution in [1.29, 1.82) is 0 Å². The first-order valence-electron chi connectivity index (χ1n) is 20.7. The van der Waals surface area contributed by atoms with Crippen LogP contribution in [0.15, 0.2) is 0 Å². The van der Waals surface area contributed by atoms with Crippen LogP contribution in [0, 0.1) is 0 Å². The molecule has 0 saturated carbocycles. The van der Waals surface area contributed by atoms with Crippen LogP contribution in [0.3, 0.4) is 0 Å². The van der Waals surface area contributed by atoms with Crippen LogP contribution in [0.5, 0.6) is 0 Å². The molecule has 0 aromatic rings. The number of carbonyl (C=O) groups excluding carboxylic acids is 2. The molecule has 0 heterocycles. The van der Waals surface area contributed by atoms with E-state index in [0.29, 0.717) is 11.0 Å². The lowest BCUT2D eigenvalue weighted by atomic mass is 10.0. The fraction of sp³-hybridized carbons (Fsp3) is 0.950. The van der Waals surface area contributed by atoms with Crippen LogP contribution in [0.25, 0.3) is 0 Å². The van der Waals surface area contributed by atoms with Gasteiger partial charge in [0.1, 0.15) is 32.5 Å². The van der Waals surface area contributed by atoms with Gasteiger partial charge >= 0.3 is 11.9 Å². The Morgan fingerprint density at radius 3 is 1.14 bits per heavy atom. The van der Waals surface area contributed by atoms with Gasteiger partial charge in [-0.3, -0.25) is 14.2 Å². The van der Waals surface area contributed by atoms with Crippen molar-refractivity contribution in [2.75, 3.05) is 47.5 Å². The molecule has 50 heavy (non-hydrogen) atoms. The first-order valence-corrected chi connectivity index (χ1v) is 22.2. The summed E-state index contributed by atoms with van der Waals surface area (Å²) in [5.74, 6) is -0.822. The Labute approximate surface area is 308 Å². The van der Waals surface area contributed by atoms with Gasteiger partial charge in [-0.2, -0.15) is 0 Å². The molecule has 2 atom stereocenters. The summed E-state index contributed by atoms with van der Waals surface area (Å²) in [4.78, 5) is 37.4. The van der Waals surface area contributed by atoms with Crippen molar-refractivity contribution >= 4 is 19.8 Å². The van der Waals surface area contributed by atoms with Crippen molar-refractivity contribution in [2.45, 2.75) is 200 Å². The highest BCUT2D eigenvalue weighted by Gasteiger charge is 2.23. The Morgan fingerprint density at radius 1 is 0.540 bits per heavy atom. The van der Waals surface area contributed by atoms with Crippen LogP contribution in [-0.4, -0.2) is 70.0 Å². The molecule has 0 spiro atoms. The second-order valence-electron chi connectivity index (χ2n) is 15.4. The quantitative estimate of drug-likeness (QED) is 0.0267. The smallest absolute Gasteiger partial charge is 0.305 e. The monoisotopic (exact) mass is 734 g/mol. The zero-order chi connectivity index (χ0) is 37.2. The average molecular weight is 734 g/mol. The van der Waals surface area contributed by atoms with Crippen LogP contribution in [0.2, 0.25) is 0 Å². The largest absolute Gasteiger partial charge is 0.756 e. The van der Waals surface area contributed by atoms with Gasteiger partial charge in [-0.15, -0.1) is 0 Å². The highest BCUT2D eigenvalue weighted by atomic mass is 31.2. The second kappa shape index (κ2) is 33.8. The number of esters is 2. The van der Waals surface area contributed by atoms with E-state index >= 15 is 0 Å². The van der Waals surface area contributed by atoms with Crippen molar-refractivity contribution in [3.63, 3.8) is 0 Å². The third-order valence-electron chi connectivity index (χ3n) is 9.12. The maximum absolute atomic E-state index is 12.5. The number of quaternary nitrogens is 1. The highest BCUT2D eigenvalue weighted by Crippen LogP contribution is 2.40. The molecule has 0 saturated heterocycles. The molecule has 10 heteroatoms. The summed E-state index contributed by atoms with van der Waals surface area (Å²) >= 11 is 0. The minimum absolute atomic E-state index is 0.0470. The van der Waals surface area contributed by atoms with Crippen molar-refractivity contribution in [2.24, 2.45) is 0 Å². The number of nitrogens with zero attached hydrogens (tertiary/aromatic N) is 1. The molecule has 0 N–H and O–H groups in total. The van der Waals surface area contributed by atoms with Crippen LogP contribution in [-0.2, 0) is 32.7 Å². The van der Waals surface area contributed by atoms with Crippen molar-refractivity contribution < 1.29 is 42.1 Å². The molecule has 0 bridgehead atoms. The van der Waals surface area contributed by atoms with E-state index in [1.807, 2.05) is 21.1 Å². The number of phosphoric ester groups is 1. The lowest BCUT2D eigenvalue weighted by Gasteiger charge is -2.29. The maximum Gasteiger partial charge on any atom is 0.305 e. The lowest BCUT2D eigenvalue weighted by Crippen LogP contribution is -2.38. The van der Waals surface area contributed by atoms with Crippen LogP contribution in [0.4, 0.5) is 0 Å². The number of carbonyl (C=O) groups is 2. The van der Waals surface area contributed by atoms with Gasteiger partial charge in [0.25, 0.3) is 7.82 Å². The van der Waals surface area contributed by atoms with Gasteiger partial charge in [-0.05, 0) is 12.8 Å². The molecule has 298 valence electrons. The molecule has 0 radical (unpaired) electrons. The fourth-order valence-corrected chi connectivity index (χ4v) is 6.69. The number of rotatable bonds is 38. The van der Waals surface area contributed by atoms with Gasteiger partial charge in [0.15, 0.2) is 0 Å². The number of unbranched alkanes of at least 4 members (excludes halogenated alkanes) is 24. The summed E-state index contributed by atoms with van der Waals surface area (Å²) in [5.41, 5.74) is 0. The zero-order valence-electron chi connectivity index (χ0n) is 33.4. The molecule has 0 fully saturated rings. The summed E-state index contributed by atoms with van der Waals surface area (Å²) in [6.07, 6.45) is 31.1. The molecular formula is C40H80NO8P. The predicted molar refractivity (Wildman–Crippen MR) is 204 cm³/mol. The molecule has 0 aliphatic carbocycles. The standard InChI is InChI=1S/C40H80NO8P/c1-6-8-10-12-14-16-18-19-20-21-23-25-27-29-31-33-40(43)47-37-38(49-50(44,45)48-35-34-41(3,4)5)36-46-39(42)32-30-28-26-24-22-17-15-13-11-9-7-2/h38H,6-37H2,1-5H3. The second-order valence-corrected chi connectivity index (χ2v) is 16.7. The van der Waals surface area contributed by atoms with E-state index in [2.05, 4.69) is 13.8 Å². The molecule has 9 nitrogen and oxygen atoms in total. The van der Waals surface area contributed by atoms with E-state index in [1.165, 1.54) is 128 Å². The SMILES string of the molecule is CCCCCCCCCCCCCCCCCC(=O)OCC(COC(=O)CCCCCCCCCCCCC)OP(=O)([O-])OCC[N+](C)(C)C. The van der Waals surface area contributed by atoms with Crippen LogP contribution in [0.1, 0.15) is 194 Å². The Bertz CT molecular complexity index is 835. The first kappa shape index (κ1) is 49.0. The van der Waals surface area contributed by atoms with Gasteiger partial charge in [0.2, 0.25) is 0 Å². The molecule has 0 aliphatic rings. The number of likely N-dealkylation sites (N-methyl/N-ethyl adjacent to an activating group) is 1. The van der Waals surface area contributed by atoms with E-state index in [0.717, 1.165) is 38.5 Å². The Balaban J connectivity index is 4.31. The van der Waals surface area contributed by atoms with E-state index in [4.69, 9.17) is 18.5 Å². The first-order chi connectivity index (χ1) is 24.0. The topological polar surface area (TPSA) is 111 Å². The highest BCUT2D eigenvalue weighted by molar-refractivity contribution is 7.45. The third kappa shape index (κ3) is 36.8. The predicted octanol–water partition coefficient (Wildman–Crippen LogP) is 10.6. The van der Waals surface area contributed by atoms with E-state index in [1.54, 1.807) is 0 Å². The average Bonchev–Trinajstić information content (AvgIpc) is 3.05. The fourth-order valence-electron chi connectivity index (χ4n) is 5.84. The van der Waals surface area contributed by atoms with Crippen molar-refractivity contribution in [3.8, 4) is 0 Å². The number of hydrogen-bond acceptors (Lipinski definition) is 8. The molecule has 0 aliphatic heterocycles. The van der Waals surface area contributed by atoms with Crippen molar-refractivity contribution in [3.05, 3.63) is 0 Å². The Morgan fingerprint density at radius 2 is 0.840 bits per heavy atom. The van der Waals surface area contributed by atoms with E-state index in [-0.39, 0.29) is 32.7 Å². The van der Waals surface area contributed by atoms with Crippen LogP contribution < -0.4 is 4.89 Å². The van der Waals surface area contributed by atoms with Gasteiger partial charge in [-0.25, -0.2) is 0 Å². The molecule has 2 unspecified atom stereocenters. The maximum atomic E-state index is 12.5. The minimum atomic E-state index is -4.70. The number of ether oxygens (including phenoxy) is 2. The van der Waals surface area contributed by atoms with Gasteiger partial charge < -0.3 is 27.9 Å². The normalized spacial score (nSPS) is 13.6. The molecular weight excluding hydrogens is 653 g/mol. The van der Waals surface area contributed by atoms with Gasteiger partial charge in [-0.1, -0.05) is 168 Å². The van der Waals surface area contributed by atoms with Gasteiger partial charge in [0.05, 0.1) is 21.1 Å². The number of phosphoric acid groups is 1. The molecule has 0 aromatic heterocycles. The van der Waals surface area contributed by atoms with Crippen LogP contribution >= 0.6 is 7.82 Å². The Hall–Kier alpha value is -0.990. The third-order valence-corrected chi connectivity index (χ3v) is 10.2. The summed E-state index contributed by atoms with van der Waals surface area (Å²) in [7, 11) is 1.08. The minimum Gasteiger partial charge on any atom is -0.756 e. The lowest BCUT2D eigenvalue weighted by molar-refractivity contribution is -0.870. The molecule has 0 aromatic carbocycles. The number of hydrogen-bond donors (Lipinski definition) is 0. The summed E-state index contributed by atoms with van der Waals surface area (Å²) in [6.45, 7) is 4.25. The Kier molecular flexibility index (Phi) is 33.2.